The number of unbranched alkanes of at least 4 members (excludes halogenated alkanes) is 12. The number of nitrogens with zero attached hydrogens (tertiary/aromatic N) is 1. The molecule has 0 radical (unpaired) electrons. The Hall–Kier alpha value is -4.63. The highest BCUT2D eigenvalue weighted by Gasteiger charge is 2.21. The Labute approximate surface area is 489 Å². The van der Waals surface area contributed by atoms with Crippen LogP contribution in [-0.2, 0) is 32.7 Å². The lowest BCUT2D eigenvalue weighted by Crippen LogP contribution is -2.37. The Balaban J connectivity index is 4.28. The van der Waals surface area contributed by atoms with Crippen LogP contribution in [0.5, 0.6) is 0 Å². The van der Waals surface area contributed by atoms with Gasteiger partial charge >= 0.3 is 11.9 Å². The number of esters is 2. The van der Waals surface area contributed by atoms with Gasteiger partial charge in [-0.1, -0.05) is 235 Å². The van der Waals surface area contributed by atoms with Crippen molar-refractivity contribution in [2.24, 2.45) is 0 Å². The number of carbonyl (C=O) groups excluding carboxylic acids is 2. The molecule has 80 heavy (non-hydrogen) atoms. The normalized spacial score (nSPS) is 14.4. The number of phosphoric ester groups is 1. The zero-order chi connectivity index (χ0) is 58.4. The van der Waals surface area contributed by atoms with E-state index in [4.69, 9.17) is 18.5 Å². The van der Waals surface area contributed by atoms with Crippen molar-refractivity contribution in [2.75, 3.05) is 47.5 Å². The summed E-state index contributed by atoms with van der Waals surface area (Å²) in [5.74, 6) is -0.904. The van der Waals surface area contributed by atoms with Crippen LogP contribution in [0, 0.1) is 0 Å². The Bertz CT molecular complexity index is 1950. The summed E-state index contributed by atoms with van der Waals surface area (Å²) in [6.07, 6.45) is 89.8. The van der Waals surface area contributed by atoms with Crippen molar-refractivity contribution in [3.8, 4) is 0 Å². The van der Waals surface area contributed by atoms with Gasteiger partial charge in [-0.15, -0.1) is 0 Å². The molecule has 9 nitrogen and oxygen atoms in total. The van der Waals surface area contributed by atoms with Gasteiger partial charge in [-0.25, -0.2) is 0 Å². The van der Waals surface area contributed by atoms with Gasteiger partial charge in [-0.2, -0.15) is 0 Å². The summed E-state index contributed by atoms with van der Waals surface area (Å²) in [6, 6.07) is 0. The monoisotopic (exact) mass is 1130 g/mol. The summed E-state index contributed by atoms with van der Waals surface area (Å²) in [7, 11) is 1.11. The molecule has 0 amide bonds. The van der Waals surface area contributed by atoms with Crippen LogP contribution in [0.3, 0.4) is 0 Å². The molecular formula is C70H112NO8P. The molecule has 0 aliphatic carbocycles. The van der Waals surface area contributed by atoms with Crippen molar-refractivity contribution in [1.82, 2.24) is 0 Å². The third kappa shape index (κ3) is 62.6. The molecule has 0 rings (SSSR count). The molecule has 0 aliphatic rings. The van der Waals surface area contributed by atoms with E-state index >= 15 is 0 Å². The zero-order valence-corrected chi connectivity index (χ0v) is 51.8. The molecule has 10 heteroatoms. The minimum Gasteiger partial charge on any atom is -0.756 e. The Morgan fingerprint density at radius 1 is 0.388 bits per heavy atom. The standard InChI is InChI=1S/C70H112NO8P/c1-6-8-10-12-14-16-18-20-22-24-26-28-30-32-34-35-37-38-40-42-44-46-48-50-52-54-56-58-60-62-69(72)76-66-68(67-78-80(74,75)77-65-64-71(3,4)5)79-70(73)63-61-59-57-55-53-51-49-47-45-43-41-39-36-33-31-29-27-25-23-21-19-17-15-13-11-9-7-2/h8-11,14-17,20-23,26-29,32-34,36-38,41,43,47,49,53,55,68H,6-7,12-13,18-19,24-25,30-31,35,39-40,42,44-46,48,50-52,54,56-67H2,1-5H3/b10-8-,11-9-,16-14-,17-15-,22-20-,23-21-,28-26-,29-27-,34-32-,36-33-,38-37-,43-41-,49-47-,55-53-. The Kier molecular flexibility index (Phi) is 55.6. The first-order chi connectivity index (χ1) is 39.0. The number of quaternary nitrogens is 1. The smallest absolute Gasteiger partial charge is 0.306 e. The van der Waals surface area contributed by atoms with Crippen molar-refractivity contribution < 1.29 is 42.1 Å². The molecule has 0 fully saturated rings. The van der Waals surface area contributed by atoms with Crippen LogP contribution in [0.15, 0.2) is 170 Å². The summed E-state index contributed by atoms with van der Waals surface area (Å²) in [4.78, 5) is 37.9. The molecule has 0 N–H and O–H groups in total. The van der Waals surface area contributed by atoms with Crippen LogP contribution in [-0.4, -0.2) is 70.0 Å². The van der Waals surface area contributed by atoms with Crippen LogP contribution >= 0.6 is 7.82 Å². The second-order valence-electron chi connectivity index (χ2n) is 20.9. The van der Waals surface area contributed by atoms with Crippen molar-refractivity contribution in [2.45, 2.75) is 213 Å². The minimum absolute atomic E-state index is 0.0505. The fourth-order valence-electron chi connectivity index (χ4n) is 7.56. The predicted molar refractivity (Wildman–Crippen MR) is 341 cm³/mol. The van der Waals surface area contributed by atoms with E-state index in [0.717, 1.165) is 128 Å². The number of phosphoric acid groups is 1. The van der Waals surface area contributed by atoms with E-state index in [-0.39, 0.29) is 26.1 Å². The molecule has 2 unspecified atom stereocenters. The number of allylic oxidation sites excluding steroid dienone is 28. The fourth-order valence-corrected chi connectivity index (χ4v) is 8.28. The molecule has 0 heterocycles. The summed E-state index contributed by atoms with van der Waals surface area (Å²) in [5.41, 5.74) is 0. The van der Waals surface area contributed by atoms with Crippen LogP contribution in [0.2, 0.25) is 0 Å². The van der Waals surface area contributed by atoms with Gasteiger partial charge in [0.05, 0.1) is 27.7 Å². The van der Waals surface area contributed by atoms with Gasteiger partial charge in [-0.05, 0) is 128 Å². The maximum Gasteiger partial charge on any atom is 0.306 e. The highest BCUT2D eigenvalue weighted by molar-refractivity contribution is 7.45. The average molecular weight is 1130 g/mol. The highest BCUT2D eigenvalue weighted by atomic mass is 31.2. The van der Waals surface area contributed by atoms with Crippen molar-refractivity contribution in [1.29, 1.82) is 0 Å². The number of ether oxygens (including phenoxy) is 2. The van der Waals surface area contributed by atoms with Crippen LogP contribution in [0.4, 0.5) is 0 Å². The molecule has 0 aromatic heterocycles. The van der Waals surface area contributed by atoms with Crippen LogP contribution in [0.1, 0.15) is 206 Å². The quantitative estimate of drug-likeness (QED) is 0.0195. The summed E-state index contributed by atoms with van der Waals surface area (Å²) in [5, 5.41) is 0. The van der Waals surface area contributed by atoms with E-state index < -0.39 is 32.5 Å². The highest BCUT2D eigenvalue weighted by Crippen LogP contribution is 2.38. The van der Waals surface area contributed by atoms with Gasteiger partial charge in [0.2, 0.25) is 0 Å². The molecule has 0 bridgehead atoms. The number of hydrogen-bond donors (Lipinski definition) is 0. The molecule has 0 saturated heterocycles. The van der Waals surface area contributed by atoms with Crippen LogP contribution in [0.25, 0.3) is 0 Å². The first-order valence-corrected chi connectivity index (χ1v) is 32.3. The van der Waals surface area contributed by atoms with E-state index in [0.29, 0.717) is 23.9 Å². The van der Waals surface area contributed by atoms with Gasteiger partial charge in [0.15, 0.2) is 6.10 Å². The van der Waals surface area contributed by atoms with E-state index in [1.54, 1.807) is 0 Å². The topological polar surface area (TPSA) is 111 Å². The van der Waals surface area contributed by atoms with E-state index in [9.17, 15) is 19.0 Å². The molecule has 2 atom stereocenters. The third-order valence-electron chi connectivity index (χ3n) is 12.2. The van der Waals surface area contributed by atoms with Crippen molar-refractivity contribution in [3.05, 3.63) is 170 Å². The Morgan fingerprint density at radius 2 is 0.675 bits per heavy atom. The lowest BCUT2D eigenvalue weighted by Gasteiger charge is -2.28. The molecular weight excluding hydrogens is 1010 g/mol. The number of carbonyl (C=O) groups is 2. The average Bonchev–Trinajstić information content (AvgIpc) is 3.42. The van der Waals surface area contributed by atoms with Gasteiger partial charge in [0.1, 0.15) is 19.8 Å². The summed E-state index contributed by atoms with van der Waals surface area (Å²) < 4.78 is 34.1. The molecule has 0 aromatic carbocycles. The maximum absolute atomic E-state index is 12.8. The lowest BCUT2D eigenvalue weighted by molar-refractivity contribution is -0.870. The van der Waals surface area contributed by atoms with Crippen molar-refractivity contribution in [3.63, 3.8) is 0 Å². The fraction of sp³-hybridized carbons (Fsp3) is 0.571. The largest absolute Gasteiger partial charge is 0.756 e. The molecule has 0 spiro atoms. The third-order valence-corrected chi connectivity index (χ3v) is 13.2. The molecule has 450 valence electrons. The zero-order valence-electron chi connectivity index (χ0n) is 50.9. The van der Waals surface area contributed by atoms with Gasteiger partial charge in [-0.3, -0.25) is 14.2 Å². The number of rotatable bonds is 54. The molecule has 0 aromatic rings. The number of likely N-dealkylation sites (N-methyl/N-ethyl adjacent to an activating group) is 1. The second-order valence-corrected chi connectivity index (χ2v) is 22.4. The maximum atomic E-state index is 12.8. The summed E-state index contributed by atoms with van der Waals surface area (Å²) in [6.45, 7) is 3.93. The van der Waals surface area contributed by atoms with Gasteiger partial charge in [0.25, 0.3) is 7.82 Å². The first-order valence-electron chi connectivity index (χ1n) is 30.8. The second kappa shape index (κ2) is 59.0. The van der Waals surface area contributed by atoms with E-state index in [1.807, 2.05) is 21.1 Å². The van der Waals surface area contributed by atoms with Gasteiger partial charge < -0.3 is 27.9 Å². The van der Waals surface area contributed by atoms with Crippen molar-refractivity contribution >= 4 is 19.8 Å². The summed E-state index contributed by atoms with van der Waals surface area (Å²) >= 11 is 0. The van der Waals surface area contributed by atoms with E-state index in [1.165, 1.54) is 38.5 Å². The van der Waals surface area contributed by atoms with Crippen LogP contribution < -0.4 is 4.89 Å². The minimum atomic E-state index is -4.67. The molecule has 0 aliphatic heterocycles. The van der Waals surface area contributed by atoms with E-state index in [2.05, 4.69) is 184 Å². The van der Waals surface area contributed by atoms with Gasteiger partial charge in [0, 0.05) is 12.8 Å². The predicted octanol–water partition coefficient (Wildman–Crippen LogP) is 19.2. The lowest BCUT2D eigenvalue weighted by atomic mass is 10.1. The molecule has 0 saturated carbocycles. The first kappa shape index (κ1) is 75.4. The SMILES string of the molecule is CC/C=C\C/C=C\C/C=C\C/C=C\C/C=C\C/C=C\C/C=C\C/C=C\CCCCC(=O)OC(COC(=O)CCCCCCCCCCCC/C=C\C/C=C\C/C=C\C/C=C\C/C=C\C/C=C\CC)COP(=O)([O-])OCC[N+](C)(C)C. The Morgan fingerprint density at radius 3 is 1.02 bits per heavy atom. The number of hydrogen-bond acceptors (Lipinski definition) is 8.